The number of benzene rings is 2. The van der Waals surface area contributed by atoms with Gasteiger partial charge >= 0.3 is 5.97 Å². The van der Waals surface area contributed by atoms with E-state index in [4.69, 9.17) is 32.9 Å². The first-order valence-electron chi connectivity index (χ1n) is 16.2. The largest absolute Gasteiger partial charge is 0.481 e. The number of pyridine rings is 2. The van der Waals surface area contributed by atoms with Gasteiger partial charge in [-0.1, -0.05) is 59.6 Å². The first-order valence-corrected chi connectivity index (χ1v) is 16.9. The maximum atomic E-state index is 15.7. The fourth-order valence-electron chi connectivity index (χ4n) is 6.32. The monoisotopic (exact) mass is 706 g/mol. The van der Waals surface area contributed by atoms with Gasteiger partial charge in [-0.05, 0) is 50.6 Å². The third-order valence-corrected chi connectivity index (χ3v) is 9.85. The second-order valence-corrected chi connectivity index (χ2v) is 13.0. The predicted molar refractivity (Wildman–Crippen MR) is 188 cm³/mol. The van der Waals surface area contributed by atoms with Crippen LogP contribution in [0.1, 0.15) is 36.8 Å². The number of piperidine rings is 1. The third kappa shape index (κ3) is 7.96. The minimum absolute atomic E-state index is 0.0377. The number of aliphatic carboxylic acids is 1. The summed E-state index contributed by atoms with van der Waals surface area (Å²) in [6, 6.07) is 16.6. The van der Waals surface area contributed by atoms with Crippen LogP contribution in [-0.2, 0) is 22.7 Å². The second-order valence-electron chi connectivity index (χ2n) is 12.3. The molecule has 2 aromatic heterocycles. The average molecular weight is 708 g/mol. The van der Waals surface area contributed by atoms with Crippen LogP contribution in [0.3, 0.4) is 0 Å². The summed E-state index contributed by atoms with van der Waals surface area (Å²) < 4.78 is 21.3. The zero-order valence-corrected chi connectivity index (χ0v) is 28.5. The molecule has 0 spiro atoms. The van der Waals surface area contributed by atoms with E-state index in [0.717, 1.165) is 12.0 Å². The standard InChI is InChI=1S/C36H37Cl2FN6O4/c1-49-35-22(18-40-19-24-9-11-30(46)42-24)8-10-28(44-35)27-6-2-4-25(31(27)37)26-5-3-7-29(32(26)38)43-34-33(39)23(12-15-41-34)20-45-16-13-21(14-17-45)36(47)48/h2-8,10,12,15,21,24,40H,9,11,13-14,16-20H2,1H3,(H,41,43)(H,42,46)(H,47,48)/t24-/m0/s1. The number of methoxy groups -OCH3 is 1. The minimum Gasteiger partial charge on any atom is -0.481 e. The van der Waals surface area contributed by atoms with Crippen LogP contribution in [0, 0.1) is 11.7 Å². The molecule has 0 unspecified atom stereocenters. The molecule has 4 aromatic rings. The number of ether oxygens (including phenoxy) is 1. The van der Waals surface area contributed by atoms with E-state index in [-0.39, 0.29) is 23.7 Å². The maximum Gasteiger partial charge on any atom is 0.306 e. The Morgan fingerprint density at radius 2 is 1.76 bits per heavy atom. The van der Waals surface area contributed by atoms with Crippen LogP contribution in [0.5, 0.6) is 5.88 Å². The lowest BCUT2D eigenvalue weighted by Gasteiger charge is -2.30. The molecule has 4 N–H and O–H groups in total. The molecule has 10 nitrogen and oxygen atoms in total. The van der Waals surface area contributed by atoms with Crippen molar-refractivity contribution in [3.63, 3.8) is 0 Å². The van der Waals surface area contributed by atoms with Gasteiger partial charge in [0.15, 0.2) is 11.6 Å². The number of nitrogens with one attached hydrogen (secondary N) is 3. The van der Waals surface area contributed by atoms with Crippen molar-refractivity contribution in [2.75, 3.05) is 32.1 Å². The molecule has 0 radical (unpaired) electrons. The maximum absolute atomic E-state index is 15.7. The number of hydrogen-bond donors (Lipinski definition) is 4. The molecule has 1 amide bonds. The Labute approximate surface area is 294 Å². The van der Waals surface area contributed by atoms with E-state index in [0.29, 0.717) is 102 Å². The number of likely N-dealkylation sites (tertiary alicyclic amines) is 1. The SMILES string of the molecule is COc1nc(-c2cccc(-c3cccc(Nc4nccc(CN5CCC(C(=O)O)CC5)c4F)c3Cl)c2Cl)ccc1CNC[C@@H]1CCC(=O)N1. The highest BCUT2D eigenvalue weighted by atomic mass is 35.5. The highest BCUT2D eigenvalue weighted by Crippen LogP contribution is 2.42. The number of hydrogen-bond acceptors (Lipinski definition) is 8. The lowest BCUT2D eigenvalue weighted by molar-refractivity contribution is -0.143. The van der Waals surface area contributed by atoms with Crippen molar-refractivity contribution in [3.05, 3.63) is 87.8 Å². The smallest absolute Gasteiger partial charge is 0.306 e. The minimum atomic E-state index is -0.781. The van der Waals surface area contributed by atoms with Gasteiger partial charge in [-0.3, -0.25) is 14.5 Å². The molecule has 2 aliphatic rings. The Morgan fingerprint density at radius 3 is 2.47 bits per heavy atom. The summed E-state index contributed by atoms with van der Waals surface area (Å²) >= 11 is 13.9. The molecule has 0 aliphatic carbocycles. The zero-order chi connectivity index (χ0) is 34.5. The molecule has 0 saturated carbocycles. The van der Waals surface area contributed by atoms with E-state index in [1.165, 1.54) is 0 Å². The van der Waals surface area contributed by atoms with Crippen molar-refractivity contribution in [2.45, 2.75) is 44.8 Å². The summed E-state index contributed by atoms with van der Waals surface area (Å²) in [7, 11) is 1.57. The number of amides is 1. The van der Waals surface area contributed by atoms with E-state index < -0.39 is 11.8 Å². The van der Waals surface area contributed by atoms with Gasteiger partial charge in [0, 0.05) is 66.1 Å². The van der Waals surface area contributed by atoms with E-state index in [9.17, 15) is 14.7 Å². The Kier molecular flexibility index (Phi) is 10.9. The third-order valence-electron chi connectivity index (χ3n) is 9.04. The molecule has 2 aliphatic heterocycles. The summed E-state index contributed by atoms with van der Waals surface area (Å²) in [4.78, 5) is 33.8. The summed E-state index contributed by atoms with van der Waals surface area (Å²) in [5, 5.41) is 19.5. The van der Waals surface area contributed by atoms with Gasteiger partial charge in [0.1, 0.15) is 0 Å². The molecule has 2 saturated heterocycles. The molecule has 6 rings (SSSR count). The van der Waals surface area contributed by atoms with Crippen LogP contribution < -0.4 is 20.7 Å². The van der Waals surface area contributed by atoms with Crippen LogP contribution >= 0.6 is 23.2 Å². The predicted octanol–water partition coefficient (Wildman–Crippen LogP) is 6.67. The van der Waals surface area contributed by atoms with Crippen LogP contribution in [0.15, 0.2) is 60.8 Å². The lowest BCUT2D eigenvalue weighted by atomic mass is 9.97. The highest BCUT2D eigenvalue weighted by molar-refractivity contribution is 6.39. The molecule has 2 aromatic carbocycles. The first kappa shape index (κ1) is 34.6. The number of halogens is 3. The fourth-order valence-corrected chi connectivity index (χ4v) is 6.92. The van der Waals surface area contributed by atoms with E-state index in [1.807, 2.05) is 36.4 Å². The quantitative estimate of drug-likeness (QED) is 0.128. The van der Waals surface area contributed by atoms with Crippen LogP contribution in [0.2, 0.25) is 10.0 Å². The van der Waals surface area contributed by atoms with E-state index in [2.05, 4.69) is 25.8 Å². The second kappa shape index (κ2) is 15.5. The van der Waals surface area contributed by atoms with Crippen molar-refractivity contribution in [1.82, 2.24) is 25.5 Å². The van der Waals surface area contributed by atoms with Gasteiger partial charge < -0.3 is 25.8 Å². The number of carboxylic acids is 1. The van der Waals surface area contributed by atoms with Crippen molar-refractivity contribution < 1.29 is 23.8 Å². The van der Waals surface area contributed by atoms with Crippen molar-refractivity contribution >= 4 is 46.6 Å². The fraction of sp³-hybridized carbons (Fsp3) is 0.333. The molecule has 256 valence electrons. The molecule has 13 heteroatoms. The Bertz CT molecular complexity index is 1850. The van der Waals surface area contributed by atoms with Gasteiger partial charge in [0.2, 0.25) is 11.8 Å². The number of anilines is 2. The molecule has 4 heterocycles. The van der Waals surface area contributed by atoms with Crippen LogP contribution in [0.4, 0.5) is 15.9 Å². The average Bonchev–Trinajstić information content (AvgIpc) is 3.52. The van der Waals surface area contributed by atoms with Crippen molar-refractivity contribution in [2.24, 2.45) is 5.92 Å². The van der Waals surface area contributed by atoms with Gasteiger partial charge in [0.05, 0.1) is 34.5 Å². The van der Waals surface area contributed by atoms with Gasteiger partial charge in [0.25, 0.3) is 0 Å². The molecule has 49 heavy (non-hydrogen) atoms. The Morgan fingerprint density at radius 1 is 1.02 bits per heavy atom. The Balaban J connectivity index is 1.18. The van der Waals surface area contributed by atoms with Gasteiger partial charge in [-0.25, -0.2) is 14.4 Å². The van der Waals surface area contributed by atoms with Crippen molar-refractivity contribution in [1.29, 1.82) is 0 Å². The highest BCUT2D eigenvalue weighted by Gasteiger charge is 2.26. The summed E-state index contributed by atoms with van der Waals surface area (Å²) in [5.41, 5.74) is 4.41. The first-order chi connectivity index (χ1) is 23.7. The number of carboxylic acid groups (broad SMARTS) is 1. The molecular weight excluding hydrogens is 670 g/mol. The number of nitrogens with zero attached hydrogens (tertiary/aromatic N) is 3. The number of aromatic nitrogens is 2. The summed E-state index contributed by atoms with van der Waals surface area (Å²) in [6.45, 7) is 2.70. The normalized spacial score (nSPS) is 16.8. The number of carbonyl (C=O) groups is 2. The topological polar surface area (TPSA) is 129 Å². The lowest BCUT2D eigenvalue weighted by Crippen LogP contribution is -2.36. The number of carbonyl (C=O) groups excluding carboxylic acids is 1. The van der Waals surface area contributed by atoms with E-state index >= 15 is 4.39 Å². The molecule has 1 atom stereocenters. The Hall–Kier alpha value is -4.29. The summed E-state index contributed by atoms with van der Waals surface area (Å²) in [5.74, 6) is -1.04. The molecule has 0 bridgehead atoms. The van der Waals surface area contributed by atoms with Gasteiger partial charge in [-0.2, -0.15) is 0 Å². The summed E-state index contributed by atoms with van der Waals surface area (Å²) in [6.07, 6.45) is 3.99. The van der Waals surface area contributed by atoms with Crippen molar-refractivity contribution in [3.8, 4) is 28.3 Å². The van der Waals surface area contributed by atoms with E-state index in [1.54, 1.807) is 31.5 Å². The van der Waals surface area contributed by atoms with Crippen LogP contribution in [-0.4, -0.2) is 64.6 Å². The van der Waals surface area contributed by atoms with Crippen LogP contribution in [0.25, 0.3) is 22.4 Å². The molecule has 2 fully saturated rings. The van der Waals surface area contributed by atoms with Gasteiger partial charge in [-0.15, -0.1) is 0 Å². The number of rotatable bonds is 12. The molecular formula is C36H37Cl2FN6O4. The zero-order valence-electron chi connectivity index (χ0n) is 26.9.